The minimum Gasteiger partial charge on any atom is -0.481 e. The lowest BCUT2D eigenvalue weighted by atomic mass is 10.1. The van der Waals surface area contributed by atoms with Gasteiger partial charge in [-0.3, -0.25) is 14.4 Å². The second-order valence-electron chi connectivity index (χ2n) is 4.19. The van der Waals surface area contributed by atoms with Gasteiger partial charge in [-0.15, -0.1) is 0 Å². The largest absolute Gasteiger partial charge is 0.481 e. The Labute approximate surface area is 102 Å². The molecule has 0 aromatic carbocycles. The fourth-order valence-corrected chi connectivity index (χ4v) is 2.12. The third-order valence-corrected chi connectivity index (χ3v) is 2.94. The number of aliphatic carboxylic acids is 1. The van der Waals surface area contributed by atoms with Gasteiger partial charge in [0.25, 0.3) is 11.5 Å². The van der Waals surface area contributed by atoms with Crippen LogP contribution in [0.25, 0.3) is 0 Å². The number of likely N-dealkylation sites (tertiary alicyclic amines) is 1. The molecule has 2 N–H and O–H groups in total. The molecule has 18 heavy (non-hydrogen) atoms. The number of hydrogen-bond donors (Lipinski definition) is 2. The van der Waals surface area contributed by atoms with Crippen molar-refractivity contribution < 1.29 is 14.7 Å². The molecular weight excluding hydrogens is 238 g/mol. The number of carbonyl (C=O) groups is 2. The van der Waals surface area contributed by atoms with E-state index in [2.05, 4.69) is 9.97 Å². The van der Waals surface area contributed by atoms with Gasteiger partial charge in [0.05, 0.1) is 12.6 Å². The van der Waals surface area contributed by atoms with E-state index in [0.717, 1.165) is 12.6 Å². The third-order valence-electron chi connectivity index (χ3n) is 2.94. The van der Waals surface area contributed by atoms with Crippen molar-refractivity contribution in [3.63, 3.8) is 0 Å². The maximum atomic E-state index is 12.1. The van der Waals surface area contributed by atoms with Crippen LogP contribution in [0.5, 0.6) is 0 Å². The maximum Gasteiger partial charge on any atom is 0.305 e. The van der Waals surface area contributed by atoms with Crippen LogP contribution < -0.4 is 5.56 Å². The molecule has 1 aliphatic rings. The molecule has 1 amide bonds. The first-order valence-electron chi connectivity index (χ1n) is 5.65. The highest BCUT2D eigenvalue weighted by Crippen LogP contribution is 2.21. The molecular formula is C11H13N3O4. The Bertz CT molecular complexity index is 505. The van der Waals surface area contributed by atoms with Gasteiger partial charge in [-0.2, -0.15) is 0 Å². The van der Waals surface area contributed by atoms with Crippen LogP contribution in [0.2, 0.25) is 0 Å². The molecule has 1 aromatic heterocycles. The average molecular weight is 251 g/mol. The second-order valence-corrected chi connectivity index (χ2v) is 4.19. The number of hydrogen-bond acceptors (Lipinski definition) is 4. The van der Waals surface area contributed by atoms with Gasteiger partial charge >= 0.3 is 5.97 Å². The number of carboxylic acid groups (broad SMARTS) is 1. The van der Waals surface area contributed by atoms with Gasteiger partial charge in [0.15, 0.2) is 0 Å². The lowest BCUT2D eigenvalue weighted by molar-refractivity contribution is -0.137. The molecule has 0 aliphatic carbocycles. The molecule has 1 unspecified atom stereocenters. The molecule has 96 valence electrons. The maximum absolute atomic E-state index is 12.1. The monoisotopic (exact) mass is 251 g/mol. The first-order valence-corrected chi connectivity index (χ1v) is 5.65. The number of rotatable bonds is 3. The van der Waals surface area contributed by atoms with Crippen LogP contribution in [0.4, 0.5) is 0 Å². The number of aromatic amines is 1. The van der Waals surface area contributed by atoms with Gasteiger partial charge in [-0.25, -0.2) is 4.98 Å². The SMILES string of the molecule is O=C(O)CC1CCCN1C(=O)c1c[nH]c(=O)cn1. The number of nitrogens with zero attached hydrogens (tertiary/aromatic N) is 2. The first-order chi connectivity index (χ1) is 8.58. The van der Waals surface area contributed by atoms with E-state index in [1.54, 1.807) is 0 Å². The summed E-state index contributed by atoms with van der Waals surface area (Å²) in [5.74, 6) is -1.26. The summed E-state index contributed by atoms with van der Waals surface area (Å²) in [4.78, 5) is 41.3. The average Bonchev–Trinajstić information content (AvgIpc) is 2.76. The van der Waals surface area contributed by atoms with Crippen molar-refractivity contribution in [3.05, 3.63) is 28.4 Å². The zero-order chi connectivity index (χ0) is 13.1. The molecule has 1 saturated heterocycles. The molecule has 7 heteroatoms. The molecule has 1 atom stereocenters. The number of carboxylic acids is 1. The van der Waals surface area contributed by atoms with E-state index in [9.17, 15) is 14.4 Å². The first kappa shape index (κ1) is 12.3. The van der Waals surface area contributed by atoms with E-state index in [4.69, 9.17) is 5.11 Å². The van der Waals surface area contributed by atoms with Gasteiger partial charge in [0, 0.05) is 18.8 Å². The minimum atomic E-state index is -0.922. The van der Waals surface area contributed by atoms with Crippen LogP contribution in [0.15, 0.2) is 17.2 Å². The zero-order valence-electron chi connectivity index (χ0n) is 9.63. The number of nitrogens with one attached hydrogen (secondary N) is 1. The number of H-pyrrole nitrogens is 1. The third kappa shape index (κ3) is 2.55. The van der Waals surface area contributed by atoms with Gasteiger partial charge in [0.2, 0.25) is 0 Å². The fraction of sp³-hybridized carbons (Fsp3) is 0.455. The summed E-state index contributed by atoms with van der Waals surface area (Å²) < 4.78 is 0. The highest BCUT2D eigenvalue weighted by Gasteiger charge is 2.31. The summed E-state index contributed by atoms with van der Waals surface area (Å²) in [6.45, 7) is 0.525. The van der Waals surface area contributed by atoms with E-state index < -0.39 is 5.97 Å². The van der Waals surface area contributed by atoms with E-state index in [1.807, 2.05) is 0 Å². The van der Waals surface area contributed by atoms with E-state index >= 15 is 0 Å². The van der Waals surface area contributed by atoms with Crippen LogP contribution in [0.1, 0.15) is 29.8 Å². The Hall–Kier alpha value is -2.18. The number of amides is 1. The molecule has 1 aliphatic heterocycles. The zero-order valence-corrected chi connectivity index (χ0v) is 9.63. The van der Waals surface area contributed by atoms with Crippen LogP contribution in [-0.4, -0.2) is 44.4 Å². The molecule has 0 spiro atoms. The van der Waals surface area contributed by atoms with Crippen molar-refractivity contribution in [2.45, 2.75) is 25.3 Å². The van der Waals surface area contributed by atoms with Crippen LogP contribution >= 0.6 is 0 Å². The summed E-state index contributed by atoms with van der Waals surface area (Å²) in [6.07, 6.45) is 3.69. The molecule has 0 bridgehead atoms. The lowest BCUT2D eigenvalue weighted by Crippen LogP contribution is -2.37. The Morgan fingerprint density at radius 2 is 2.33 bits per heavy atom. The molecule has 1 fully saturated rings. The topological polar surface area (TPSA) is 103 Å². The van der Waals surface area contributed by atoms with Crippen LogP contribution in [0.3, 0.4) is 0 Å². The molecule has 0 radical (unpaired) electrons. The summed E-state index contributed by atoms with van der Waals surface area (Å²) in [5.41, 5.74) is -0.248. The lowest BCUT2D eigenvalue weighted by Gasteiger charge is -2.22. The quantitative estimate of drug-likeness (QED) is 0.777. The summed E-state index contributed by atoms with van der Waals surface area (Å²) in [6, 6.07) is -0.288. The second kappa shape index (κ2) is 4.99. The van der Waals surface area contributed by atoms with E-state index in [0.29, 0.717) is 13.0 Å². The van der Waals surface area contributed by atoms with Crippen LogP contribution in [0, 0.1) is 0 Å². The molecule has 7 nitrogen and oxygen atoms in total. The Morgan fingerprint density at radius 1 is 1.56 bits per heavy atom. The Balaban J connectivity index is 2.14. The standard InChI is InChI=1S/C11H13N3O4/c15-9-6-12-8(5-13-9)11(18)14-3-1-2-7(14)4-10(16)17/h5-7H,1-4H2,(H,13,15)(H,16,17). The highest BCUT2D eigenvalue weighted by atomic mass is 16.4. The summed E-state index contributed by atoms with van der Waals surface area (Å²) in [7, 11) is 0. The number of carbonyl (C=O) groups excluding carboxylic acids is 1. The van der Waals surface area contributed by atoms with Crippen molar-refractivity contribution in [3.8, 4) is 0 Å². The van der Waals surface area contributed by atoms with Gasteiger partial charge < -0.3 is 15.0 Å². The van der Waals surface area contributed by atoms with Crippen molar-refractivity contribution in [2.24, 2.45) is 0 Å². The minimum absolute atomic E-state index is 0.0604. The molecule has 2 rings (SSSR count). The number of aromatic nitrogens is 2. The van der Waals surface area contributed by atoms with Gasteiger partial charge in [-0.1, -0.05) is 0 Å². The highest BCUT2D eigenvalue weighted by molar-refractivity contribution is 5.92. The van der Waals surface area contributed by atoms with Crippen LogP contribution in [-0.2, 0) is 4.79 Å². The smallest absolute Gasteiger partial charge is 0.305 e. The molecule has 0 saturated carbocycles. The molecule has 2 heterocycles. The Morgan fingerprint density at radius 3 is 2.94 bits per heavy atom. The van der Waals surface area contributed by atoms with E-state index in [-0.39, 0.29) is 29.6 Å². The van der Waals surface area contributed by atoms with Crippen molar-refractivity contribution in [1.29, 1.82) is 0 Å². The van der Waals surface area contributed by atoms with Crippen molar-refractivity contribution in [1.82, 2.24) is 14.9 Å². The van der Waals surface area contributed by atoms with E-state index in [1.165, 1.54) is 11.1 Å². The predicted octanol–water partition coefficient (Wildman–Crippen LogP) is -0.151. The predicted molar refractivity (Wildman–Crippen MR) is 61.2 cm³/mol. The van der Waals surface area contributed by atoms with Crippen molar-refractivity contribution >= 4 is 11.9 Å². The normalized spacial score (nSPS) is 18.9. The summed E-state index contributed by atoms with van der Waals surface area (Å²) >= 11 is 0. The Kier molecular flexibility index (Phi) is 3.40. The fourth-order valence-electron chi connectivity index (χ4n) is 2.12. The summed E-state index contributed by atoms with van der Waals surface area (Å²) in [5, 5.41) is 8.78. The van der Waals surface area contributed by atoms with Gasteiger partial charge in [-0.05, 0) is 12.8 Å². The van der Waals surface area contributed by atoms with Crippen molar-refractivity contribution in [2.75, 3.05) is 6.54 Å². The molecule has 1 aromatic rings. The van der Waals surface area contributed by atoms with Gasteiger partial charge in [0.1, 0.15) is 5.69 Å².